The molecule has 1 unspecified atom stereocenters. The van der Waals surface area contributed by atoms with E-state index in [1.807, 2.05) is 0 Å². The monoisotopic (exact) mass is 299 g/mol. The Hall–Kier alpha value is -0.600. The topological polar surface area (TPSA) is 60.2 Å². The van der Waals surface area contributed by atoms with E-state index in [2.05, 4.69) is 31.0 Å². The summed E-state index contributed by atoms with van der Waals surface area (Å²) in [5, 5.41) is 17.1. The SMILES string of the molecule is Cn1nnc(Br)c1C(O)CCOCC(F)F. The van der Waals surface area contributed by atoms with E-state index >= 15 is 0 Å². The van der Waals surface area contributed by atoms with E-state index in [1.54, 1.807) is 7.05 Å². The van der Waals surface area contributed by atoms with Crippen LogP contribution < -0.4 is 0 Å². The quantitative estimate of drug-likeness (QED) is 0.804. The summed E-state index contributed by atoms with van der Waals surface area (Å²) in [5.41, 5.74) is 0.501. The molecule has 0 saturated carbocycles. The van der Waals surface area contributed by atoms with Crippen molar-refractivity contribution in [3.8, 4) is 0 Å². The smallest absolute Gasteiger partial charge is 0.261 e. The van der Waals surface area contributed by atoms with Crippen molar-refractivity contribution in [2.24, 2.45) is 7.05 Å². The van der Waals surface area contributed by atoms with E-state index in [0.29, 0.717) is 10.3 Å². The minimum absolute atomic E-state index is 0.0587. The Kier molecular flexibility index (Phi) is 5.23. The first-order valence-electron chi connectivity index (χ1n) is 4.61. The van der Waals surface area contributed by atoms with Gasteiger partial charge in [-0.05, 0) is 15.9 Å². The zero-order valence-corrected chi connectivity index (χ0v) is 10.2. The van der Waals surface area contributed by atoms with Crippen LogP contribution in [0.5, 0.6) is 0 Å². The molecular formula is C8H12BrF2N3O2. The number of hydrogen-bond donors (Lipinski definition) is 1. The van der Waals surface area contributed by atoms with E-state index in [9.17, 15) is 13.9 Å². The average Bonchev–Trinajstić information content (AvgIpc) is 2.53. The van der Waals surface area contributed by atoms with Crippen molar-refractivity contribution < 1.29 is 18.6 Å². The first-order chi connectivity index (χ1) is 7.52. The molecule has 0 aliphatic carbocycles. The van der Waals surface area contributed by atoms with Gasteiger partial charge in [-0.1, -0.05) is 5.21 Å². The molecule has 0 radical (unpaired) electrons. The van der Waals surface area contributed by atoms with Gasteiger partial charge in [0.15, 0.2) is 4.60 Å². The van der Waals surface area contributed by atoms with Crippen molar-refractivity contribution in [3.63, 3.8) is 0 Å². The summed E-state index contributed by atoms with van der Waals surface area (Å²) < 4.78 is 30.0. The summed E-state index contributed by atoms with van der Waals surface area (Å²) in [6.07, 6.45) is -3.11. The molecule has 0 aliphatic heterocycles. The molecule has 92 valence electrons. The Morgan fingerprint density at radius 1 is 1.56 bits per heavy atom. The van der Waals surface area contributed by atoms with E-state index in [-0.39, 0.29) is 13.0 Å². The fourth-order valence-electron chi connectivity index (χ4n) is 1.20. The number of aryl methyl sites for hydroxylation is 1. The number of aromatic nitrogens is 3. The van der Waals surface area contributed by atoms with E-state index in [4.69, 9.17) is 0 Å². The highest BCUT2D eigenvalue weighted by atomic mass is 79.9. The molecule has 0 aromatic carbocycles. The van der Waals surface area contributed by atoms with Crippen LogP contribution in [0.25, 0.3) is 0 Å². The van der Waals surface area contributed by atoms with Gasteiger partial charge in [0, 0.05) is 20.1 Å². The number of halogens is 3. The van der Waals surface area contributed by atoms with Crippen LogP contribution >= 0.6 is 15.9 Å². The second-order valence-corrected chi connectivity index (χ2v) is 3.91. The van der Waals surface area contributed by atoms with E-state index in [0.717, 1.165) is 0 Å². The molecule has 8 heteroatoms. The number of rotatable bonds is 6. The van der Waals surface area contributed by atoms with Gasteiger partial charge >= 0.3 is 0 Å². The molecule has 0 bridgehead atoms. The Labute approximate surface area is 99.5 Å². The maximum Gasteiger partial charge on any atom is 0.261 e. The Morgan fingerprint density at radius 3 is 2.75 bits per heavy atom. The number of ether oxygens (including phenoxy) is 1. The normalized spacial score (nSPS) is 13.4. The molecular weight excluding hydrogens is 288 g/mol. The minimum Gasteiger partial charge on any atom is -0.387 e. The second-order valence-electron chi connectivity index (χ2n) is 3.16. The van der Waals surface area contributed by atoms with Crippen molar-refractivity contribution in [1.29, 1.82) is 0 Å². The molecule has 0 amide bonds. The average molecular weight is 300 g/mol. The van der Waals surface area contributed by atoms with E-state index < -0.39 is 19.1 Å². The highest BCUT2D eigenvalue weighted by Gasteiger charge is 2.17. The van der Waals surface area contributed by atoms with Crippen molar-refractivity contribution in [1.82, 2.24) is 15.0 Å². The number of alkyl halides is 2. The van der Waals surface area contributed by atoms with Gasteiger partial charge in [0.1, 0.15) is 18.4 Å². The molecule has 0 spiro atoms. The third kappa shape index (κ3) is 3.76. The van der Waals surface area contributed by atoms with Gasteiger partial charge < -0.3 is 9.84 Å². The van der Waals surface area contributed by atoms with Crippen LogP contribution in [0.1, 0.15) is 18.2 Å². The molecule has 1 atom stereocenters. The third-order valence-corrected chi connectivity index (χ3v) is 2.49. The van der Waals surface area contributed by atoms with Crippen molar-refractivity contribution in [2.45, 2.75) is 19.0 Å². The molecule has 0 fully saturated rings. The predicted molar refractivity (Wildman–Crippen MR) is 55.1 cm³/mol. The van der Waals surface area contributed by atoms with Crippen molar-refractivity contribution in [2.75, 3.05) is 13.2 Å². The Morgan fingerprint density at radius 2 is 2.25 bits per heavy atom. The van der Waals surface area contributed by atoms with Crippen molar-refractivity contribution >= 4 is 15.9 Å². The first kappa shape index (κ1) is 13.5. The largest absolute Gasteiger partial charge is 0.387 e. The molecule has 1 N–H and O–H groups in total. The van der Waals surface area contributed by atoms with Crippen LogP contribution in [0.3, 0.4) is 0 Å². The fourth-order valence-corrected chi connectivity index (χ4v) is 1.79. The first-order valence-corrected chi connectivity index (χ1v) is 5.40. The predicted octanol–water partition coefficient (Wildman–Crippen LogP) is 1.28. The molecule has 5 nitrogen and oxygen atoms in total. The lowest BCUT2D eigenvalue weighted by atomic mass is 10.2. The van der Waals surface area contributed by atoms with Gasteiger partial charge in [0.05, 0.1) is 0 Å². The summed E-state index contributed by atoms with van der Waals surface area (Å²) >= 11 is 3.13. The summed E-state index contributed by atoms with van der Waals surface area (Å²) in [7, 11) is 1.64. The van der Waals surface area contributed by atoms with Gasteiger partial charge in [0.25, 0.3) is 6.43 Å². The minimum atomic E-state index is -2.48. The lowest BCUT2D eigenvalue weighted by Crippen LogP contribution is -2.11. The highest BCUT2D eigenvalue weighted by Crippen LogP contribution is 2.22. The van der Waals surface area contributed by atoms with Crippen LogP contribution in [-0.4, -0.2) is 39.7 Å². The van der Waals surface area contributed by atoms with Gasteiger partial charge in [-0.15, -0.1) is 5.10 Å². The fraction of sp³-hybridized carbons (Fsp3) is 0.750. The summed E-state index contributed by atoms with van der Waals surface area (Å²) in [5.74, 6) is 0. The third-order valence-electron chi connectivity index (χ3n) is 1.92. The maximum atomic E-state index is 11.7. The maximum absolute atomic E-state index is 11.7. The lowest BCUT2D eigenvalue weighted by Gasteiger charge is -2.10. The van der Waals surface area contributed by atoms with Gasteiger partial charge in [-0.25, -0.2) is 13.5 Å². The van der Waals surface area contributed by atoms with Crippen LogP contribution in [0.4, 0.5) is 8.78 Å². The standard InChI is InChI=1S/C8H12BrF2N3O2/c1-14-7(8(9)12-13-14)5(15)2-3-16-4-6(10)11/h5-6,15H,2-4H2,1H3. The molecule has 1 aromatic rings. The number of aliphatic hydroxyl groups excluding tert-OH is 1. The van der Waals surface area contributed by atoms with Crippen LogP contribution in [0.2, 0.25) is 0 Å². The molecule has 1 aromatic heterocycles. The van der Waals surface area contributed by atoms with Crippen molar-refractivity contribution in [3.05, 3.63) is 10.3 Å². The zero-order valence-electron chi connectivity index (χ0n) is 8.61. The summed E-state index contributed by atoms with van der Waals surface area (Å²) in [4.78, 5) is 0. The summed E-state index contributed by atoms with van der Waals surface area (Å²) in [6.45, 7) is -0.555. The molecule has 16 heavy (non-hydrogen) atoms. The Bertz CT molecular complexity index is 316. The number of nitrogens with zero attached hydrogens (tertiary/aromatic N) is 3. The second kappa shape index (κ2) is 6.21. The molecule has 1 heterocycles. The molecule has 0 aliphatic rings. The van der Waals surface area contributed by atoms with Crippen LogP contribution in [0, 0.1) is 0 Å². The highest BCUT2D eigenvalue weighted by molar-refractivity contribution is 9.10. The molecule has 0 saturated heterocycles. The van der Waals surface area contributed by atoms with Gasteiger partial charge in [-0.2, -0.15) is 0 Å². The molecule has 1 rings (SSSR count). The van der Waals surface area contributed by atoms with Gasteiger partial charge in [-0.3, -0.25) is 0 Å². The van der Waals surface area contributed by atoms with Crippen LogP contribution in [0.15, 0.2) is 4.60 Å². The van der Waals surface area contributed by atoms with Crippen LogP contribution in [-0.2, 0) is 11.8 Å². The summed E-state index contributed by atoms with van der Waals surface area (Å²) in [6, 6.07) is 0. The number of aliphatic hydroxyl groups is 1. The number of hydrogen-bond acceptors (Lipinski definition) is 4. The lowest BCUT2D eigenvalue weighted by molar-refractivity contribution is 0.00396. The van der Waals surface area contributed by atoms with Gasteiger partial charge in [0.2, 0.25) is 0 Å². The van der Waals surface area contributed by atoms with E-state index in [1.165, 1.54) is 4.68 Å². The Balaban J connectivity index is 2.38. The zero-order chi connectivity index (χ0) is 12.1.